The van der Waals surface area contributed by atoms with Gasteiger partial charge in [-0.15, -0.1) is 13.2 Å². The fourth-order valence-corrected chi connectivity index (χ4v) is 8.91. The van der Waals surface area contributed by atoms with Crippen LogP contribution in [0.2, 0.25) is 0 Å². The lowest BCUT2D eigenvalue weighted by molar-refractivity contribution is -0.274. The molecule has 1 aromatic heterocycles. The van der Waals surface area contributed by atoms with Crippen LogP contribution in [0.5, 0.6) is 5.75 Å². The number of alkyl halides is 3. The molecule has 5 fully saturated rings. The van der Waals surface area contributed by atoms with Crippen molar-refractivity contribution in [2.24, 2.45) is 29.1 Å². The Labute approximate surface area is 258 Å². The first-order valence-corrected chi connectivity index (χ1v) is 16.1. The highest BCUT2D eigenvalue weighted by Gasteiger charge is 2.55. The Bertz CT molecular complexity index is 1320. The molecule has 8 nitrogen and oxygen atoms in total. The zero-order valence-corrected chi connectivity index (χ0v) is 25.7. The highest BCUT2D eigenvalue weighted by Crippen LogP contribution is 2.60. The fourth-order valence-electron chi connectivity index (χ4n) is 8.91. The number of benzene rings is 1. The van der Waals surface area contributed by atoms with Crippen LogP contribution in [0.3, 0.4) is 0 Å². The number of hydrogen-bond donors (Lipinski definition) is 3. The molecule has 1 unspecified atom stereocenters. The minimum atomic E-state index is -4.78. The van der Waals surface area contributed by atoms with Gasteiger partial charge in [-0.2, -0.15) is 10.2 Å². The standard InChI is InChI=1S/C33H44F3N7O/c1-43(2)27-9-7-21(8-10-27)17-38-29-24-11-22-12-25(29)15-32(13-22,14-24)20-41-30-26(16-37)19-40-31(42-30)39-18-23-5-3-4-6-28(23)44-33(34,35)36/h3-6,19,21-22,24-25,27,29,38H,7-15,17-18,20H2,1-2H3,(H2,39,40,41,42)/t21-,22?,24-,25+,27-,29-,32-. The minimum absolute atomic E-state index is 0.0397. The largest absolute Gasteiger partial charge is 0.573 e. The van der Waals surface area contributed by atoms with Crippen LogP contribution in [0.1, 0.15) is 68.9 Å². The second-order valence-corrected chi connectivity index (χ2v) is 14.0. The lowest BCUT2D eigenvalue weighted by Crippen LogP contribution is -2.60. The molecule has 0 radical (unpaired) electrons. The van der Waals surface area contributed by atoms with E-state index in [1.54, 1.807) is 12.1 Å². The van der Waals surface area contributed by atoms with E-state index < -0.39 is 6.36 Å². The molecule has 2 aromatic rings. The molecule has 5 atom stereocenters. The number of rotatable bonds is 11. The van der Waals surface area contributed by atoms with Gasteiger partial charge in [-0.25, -0.2) is 4.98 Å². The van der Waals surface area contributed by atoms with Crippen molar-refractivity contribution in [2.75, 3.05) is 37.8 Å². The molecule has 0 spiro atoms. The van der Waals surface area contributed by atoms with Crippen LogP contribution in [0.15, 0.2) is 30.5 Å². The minimum Gasteiger partial charge on any atom is -0.405 e. The first-order chi connectivity index (χ1) is 21.1. The first-order valence-electron chi connectivity index (χ1n) is 16.1. The van der Waals surface area contributed by atoms with Crippen LogP contribution in [0.4, 0.5) is 24.9 Å². The van der Waals surface area contributed by atoms with Crippen molar-refractivity contribution in [1.82, 2.24) is 20.2 Å². The van der Waals surface area contributed by atoms with Crippen molar-refractivity contribution in [3.05, 3.63) is 41.6 Å². The molecule has 5 aliphatic rings. The molecule has 5 aliphatic carbocycles. The van der Waals surface area contributed by atoms with Crippen molar-refractivity contribution in [2.45, 2.75) is 82.8 Å². The van der Waals surface area contributed by atoms with E-state index in [1.807, 2.05) is 0 Å². The molecule has 7 rings (SSSR count). The molecule has 4 bridgehead atoms. The van der Waals surface area contributed by atoms with Gasteiger partial charge in [0.25, 0.3) is 0 Å². The van der Waals surface area contributed by atoms with E-state index in [4.69, 9.17) is 0 Å². The van der Waals surface area contributed by atoms with Crippen LogP contribution in [-0.2, 0) is 6.54 Å². The van der Waals surface area contributed by atoms with Gasteiger partial charge in [0.2, 0.25) is 5.95 Å². The van der Waals surface area contributed by atoms with Crippen LogP contribution in [0.25, 0.3) is 0 Å². The molecule has 238 valence electrons. The number of halogens is 3. The summed E-state index contributed by atoms with van der Waals surface area (Å²) in [4.78, 5) is 11.2. The lowest BCUT2D eigenvalue weighted by Gasteiger charge is -2.60. The molecule has 1 heterocycles. The topological polar surface area (TPSA) is 98.1 Å². The molecule has 1 aromatic carbocycles. The third kappa shape index (κ3) is 7.07. The first kappa shape index (κ1) is 30.9. The van der Waals surface area contributed by atoms with E-state index in [9.17, 15) is 18.4 Å². The van der Waals surface area contributed by atoms with E-state index in [2.05, 4.69) is 55.7 Å². The van der Waals surface area contributed by atoms with Crippen LogP contribution >= 0.6 is 0 Å². The quantitative estimate of drug-likeness (QED) is 0.277. The number of para-hydroxylation sites is 1. The van der Waals surface area contributed by atoms with E-state index in [1.165, 1.54) is 76.1 Å². The summed E-state index contributed by atoms with van der Waals surface area (Å²) in [5.74, 6) is 3.36. The Hall–Kier alpha value is -3.10. The van der Waals surface area contributed by atoms with Gasteiger partial charge in [0.05, 0.1) is 6.20 Å². The summed E-state index contributed by atoms with van der Waals surface area (Å²) in [5, 5.41) is 20.3. The molecule has 0 amide bonds. The van der Waals surface area contributed by atoms with Gasteiger partial charge >= 0.3 is 6.36 Å². The summed E-state index contributed by atoms with van der Waals surface area (Å²) in [5.41, 5.74) is 0.868. The van der Waals surface area contributed by atoms with Crippen molar-refractivity contribution >= 4 is 11.8 Å². The van der Waals surface area contributed by atoms with Crippen LogP contribution < -0.4 is 20.7 Å². The van der Waals surface area contributed by atoms with Crippen molar-refractivity contribution in [1.29, 1.82) is 5.26 Å². The monoisotopic (exact) mass is 611 g/mol. The highest BCUT2D eigenvalue weighted by atomic mass is 19.4. The maximum atomic E-state index is 12.8. The second kappa shape index (κ2) is 12.7. The van der Waals surface area contributed by atoms with Crippen molar-refractivity contribution < 1.29 is 17.9 Å². The molecular formula is C33H44F3N7O. The van der Waals surface area contributed by atoms with Crippen molar-refractivity contribution in [3.8, 4) is 11.8 Å². The SMILES string of the molecule is CN(C)[C@H]1CC[C@H](CN[C@@H]2[C@@H]3CC4C[C@H]2C[C@@](CNc2nc(NCc5ccccc5OC(F)(F)F)ncc2C#N)(C4)C3)CC1. The molecule has 11 heteroatoms. The summed E-state index contributed by atoms with van der Waals surface area (Å²) >= 11 is 0. The number of aromatic nitrogens is 2. The lowest BCUT2D eigenvalue weighted by atomic mass is 9.48. The molecule has 5 saturated carbocycles. The van der Waals surface area contributed by atoms with Gasteiger partial charge < -0.3 is 25.6 Å². The van der Waals surface area contributed by atoms with Gasteiger partial charge in [0.1, 0.15) is 23.2 Å². The molecule has 3 N–H and O–H groups in total. The number of ether oxygens (including phenoxy) is 1. The van der Waals surface area contributed by atoms with Gasteiger partial charge in [0, 0.05) is 30.7 Å². The highest BCUT2D eigenvalue weighted by molar-refractivity contribution is 5.53. The predicted octanol–water partition coefficient (Wildman–Crippen LogP) is 6.18. The Balaban J connectivity index is 1.06. The summed E-state index contributed by atoms with van der Waals surface area (Å²) < 4.78 is 42.7. The van der Waals surface area contributed by atoms with Crippen molar-refractivity contribution in [3.63, 3.8) is 0 Å². The Morgan fingerprint density at radius 1 is 1.05 bits per heavy atom. The summed E-state index contributed by atoms with van der Waals surface area (Å²) in [7, 11) is 4.40. The number of hydrogen-bond acceptors (Lipinski definition) is 8. The Kier molecular flexibility index (Phi) is 8.93. The van der Waals surface area contributed by atoms with E-state index in [0.717, 1.165) is 31.0 Å². The third-order valence-electron chi connectivity index (χ3n) is 10.8. The average molecular weight is 612 g/mol. The average Bonchev–Trinajstić information content (AvgIpc) is 2.98. The van der Waals surface area contributed by atoms with E-state index in [0.29, 0.717) is 34.8 Å². The number of nitriles is 1. The summed E-state index contributed by atoms with van der Waals surface area (Å²) in [6, 6.07) is 9.50. The fraction of sp³-hybridized carbons (Fsp3) is 0.667. The normalized spacial score (nSPS) is 31.1. The zero-order valence-electron chi connectivity index (χ0n) is 25.7. The smallest absolute Gasteiger partial charge is 0.405 e. The van der Waals surface area contributed by atoms with E-state index >= 15 is 0 Å². The summed E-state index contributed by atoms with van der Waals surface area (Å²) in [6.07, 6.45) is 8.13. The Morgan fingerprint density at radius 3 is 2.45 bits per heavy atom. The number of nitrogens with one attached hydrogen (secondary N) is 3. The van der Waals surface area contributed by atoms with Crippen LogP contribution in [0, 0.1) is 40.4 Å². The Morgan fingerprint density at radius 2 is 1.77 bits per heavy atom. The predicted molar refractivity (Wildman–Crippen MR) is 163 cm³/mol. The molecule has 0 aliphatic heterocycles. The number of nitrogens with zero attached hydrogens (tertiary/aromatic N) is 4. The van der Waals surface area contributed by atoms with E-state index in [-0.39, 0.29) is 23.7 Å². The second-order valence-electron chi connectivity index (χ2n) is 14.0. The maximum Gasteiger partial charge on any atom is 0.573 e. The van der Waals surface area contributed by atoms with Crippen LogP contribution in [-0.4, -0.2) is 60.5 Å². The molecule has 44 heavy (non-hydrogen) atoms. The maximum absolute atomic E-state index is 12.8. The number of anilines is 2. The molecule has 0 saturated heterocycles. The summed E-state index contributed by atoms with van der Waals surface area (Å²) in [6.45, 7) is 1.94. The van der Waals surface area contributed by atoms with Gasteiger partial charge in [-0.3, -0.25) is 0 Å². The third-order valence-corrected chi connectivity index (χ3v) is 10.8. The molecular weight excluding hydrogens is 567 g/mol. The zero-order chi connectivity index (χ0) is 30.9. The van der Waals surface area contributed by atoms with Gasteiger partial charge in [-0.1, -0.05) is 18.2 Å². The van der Waals surface area contributed by atoms with Gasteiger partial charge in [0.15, 0.2) is 0 Å². The van der Waals surface area contributed by atoms with Gasteiger partial charge in [-0.05, 0) is 114 Å².